The highest BCUT2D eigenvalue weighted by molar-refractivity contribution is 6.33. The number of amides is 1. The molecule has 3 aromatic heterocycles. The topological polar surface area (TPSA) is 64.2 Å². The summed E-state index contributed by atoms with van der Waals surface area (Å²) in [6.07, 6.45) is 4.87. The van der Waals surface area contributed by atoms with E-state index in [-0.39, 0.29) is 11.6 Å². The molecule has 0 unspecified atom stereocenters. The Labute approximate surface area is 138 Å². The highest BCUT2D eigenvalue weighted by Gasteiger charge is 2.23. The van der Waals surface area contributed by atoms with Crippen LogP contribution >= 0.6 is 11.6 Å². The number of aryl methyl sites for hydroxylation is 1. The second-order valence-electron chi connectivity index (χ2n) is 5.06. The molecule has 0 aliphatic carbocycles. The molecule has 0 saturated carbocycles. The molecule has 6 nitrogen and oxygen atoms in total. The van der Waals surface area contributed by atoms with Gasteiger partial charge in [-0.3, -0.25) is 14.5 Å². The first-order chi connectivity index (χ1) is 11.1. The van der Waals surface area contributed by atoms with Crippen molar-refractivity contribution in [1.29, 1.82) is 0 Å². The number of carbonyl (C=O) groups excluding carboxylic acids is 1. The van der Waals surface area contributed by atoms with E-state index < -0.39 is 0 Å². The lowest BCUT2D eigenvalue weighted by molar-refractivity contribution is 0.0709. The summed E-state index contributed by atoms with van der Waals surface area (Å²) in [5.74, 6) is 0.416. The van der Waals surface area contributed by atoms with Crippen LogP contribution in [0.3, 0.4) is 0 Å². The maximum absolute atomic E-state index is 12.8. The molecule has 0 fully saturated rings. The van der Waals surface area contributed by atoms with Gasteiger partial charge < -0.3 is 9.32 Å². The quantitative estimate of drug-likeness (QED) is 0.721. The molecular formula is C16H15ClN4O2. The summed E-state index contributed by atoms with van der Waals surface area (Å²) in [5.41, 5.74) is 0.996. The summed E-state index contributed by atoms with van der Waals surface area (Å²) in [4.78, 5) is 18.7. The van der Waals surface area contributed by atoms with Crippen LogP contribution in [0, 0.1) is 0 Å². The van der Waals surface area contributed by atoms with E-state index in [1.165, 1.54) is 4.68 Å². The van der Waals surface area contributed by atoms with E-state index in [2.05, 4.69) is 10.1 Å². The Morgan fingerprint density at radius 3 is 2.78 bits per heavy atom. The maximum atomic E-state index is 12.8. The summed E-state index contributed by atoms with van der Waals surface area (Å²) < 4.78 is 6.87. The summed E-state index contributed by atoms with van der Waals surface area (Å²) in [5, 5.41) is 4.47. The SMILES string of the molecule is Cn1cc(Cl)c(C(=O)N(Cc2ccccn2)Cc2ccco2)n1. The fraction of sp³-hybridized carbons (Fsp3) is 0.188. The Kier molecular flexibility index (Phi) is 4.43. The summed E-state index contributed by atoms with van der Waals surface area (Å²) in [7, 11) is 1.72. The second kappa shape index (κ2) is 6.66. The average molecular weight is 331 g/mol. The smallest absolute Gasteiger partial charge is 0.276 e. The highest BCUT2D eigenvalue weighted by atomic mass is 35.5. The van der Waals surface area contributed by atoms with Crippen molar-refractivity contribution in [1.82, 2.24) is 19.7 Å². The van der Waals surface area contributed by atoms with Crippen LogP contribution < -0.4 is 0 Å². The maximum Gasteiger partial charge on any atom is 0.276 e. The van der Waals surface area contributed by atoms with Gasteiger partial charge in [0.25, 0.3) is 5.91 Å². The predicted molar refractivity (Wildman–Crippen MR) is 84.7 cm³/mol. The summed E-state index contributed by atoms with van der Waals surface area (Å²) in [6, 6.07) is 9.18. The van der Waals surface area contributed by atoms with Gasteiger partial charge in [-0.2, -0.15) is 5.10 Å². The first-order valence-electron chi connectivity index (χ1n) is 7.04. The molecule has 0 spiro atoms. The molecule has 3 aromatic rings. The minimum atomic E-state index is -0.266. The monoisotopic (exact) mass is 330 g/mol. The summed E-state index contributed by atoms with van der Waals surface area (Å²) in [6.45, 7) is 0.655. The van der Waals surface area contributed by atoms with Crippen LogP contribution in [0.25, 0.3) is 0 Å². The number of nitrogens with zero attached hydrogens (tertiary/aromatic N) is 4. The van der Waals surface area contributed by atoms with Crippen LogP contribution in [0.2, 0.25) is 5.02 Å². The molecule has 0 aliphatic heterocycles. The molecule has 0 N–H and O–H groups in total. The van der Waals surface area contributed by atoms with E-state index in [1.807, 2.05) is 24.3 Å². The second-order valence-corrected chi connectivity index (χ2v) is 5.47. The first kappa shape index (κ1) is 15.3. The molecule has 3 rings (SSSR count). The van der Waals surface area contributed by atoms with E-state index >= 15 is 0 Å². The molecule has 23 heavy (non-hydrogen) atoms. The lowest BCUT2D eigenvalue weighted by atomic mass is 10.2. The molecule has 0 bridgehead atoms. The fourth-order valence-corrected chi connectivity index (χ4v) is 2.49. The summed E-state index contributed by atoms with van der Waals surface area (Å²) >= 11 is 6.10. The normalized spacial score (nSPS) is 10.7. The third-order valence-corrected chi connectivity index (χ3v) is 3.56. The molecular weight excluding hydrogens is 316 g/mol. The van der Waals surface area contributed by atoms with E-state index in [4.69, 9.17) is 16.0 Å². The molecule has 0 saturated heterocycles. The minimum Gasteiger partial charge on any atom is -0.467 e. The van der Waals surface area contributed by atoms with Crippen molar-refractivity contribution in [3.63, 3.8) is 0 Å². The van der Waals surface area contributed by atoms with Crippen LogP contribution in [-0.4, -0.2) is 25.6 Å². The lowest BCUT2D eigenvalue weighted by Crippen LogP contribution is -2.31. The third kappa shape index (κ3) is 3.60. The molecule has 0 atom stereocenters. The molecule has 3 heterocycles. The Bertz CT molecular complexity index is 784. The van der Waals surface area contributed by atoms with Gasteiger partial charge in [0, 0.05) is 19.4 Å². The number of pyridine rings is 1. The number of halogens is 1. The zero-order valence-electron chi connectivity index (χ0n) is 12.5. The number of furan rings is 1. The molecule has 7 heteroatoms. The molecule has 0 aliphatic rings. The molecule has 0 aromatic carbocycles. The fourth-order valence-electron chi connectivity index (χ4n) is 2.23. The first-order valence-corrected chi connectivity index (χ1v) is 7.42. The van der Waals surface area contributed by atoms with E-state index in [1.54, 1.807) is 36.7 Å². The zero-order chi connectivity index (χ0) is 16.2. The van der Waals surface area contributed by atoms with Crippen LogP contribution in [-0.2, 0) is 20.1 Å². The van der Waals surface area contributed by atoms with Gasteiger partial charge in [-0.05, 0) is 24.3 Å². The van der Waals surface area contributed by atoms with Gasteiger partial charge in [-0.25, -0.2) is 0 Å². The lowest BCUT2D eigenvalue weighted by Gasteiger charge is -2.20. The van der Waals surface area contributed by atoms with Gasteiger partial charge in [0.2, 0.25) is 0 Å². The van der Waals surface area contributed by atoms with Crippen molar-refractivity contribution >= 4 is 17.5 Å². The Morgan fingerprint density at radius 1 is 1.30 bits per heavy atom. The zero-order valence-corrected chi connectivity index (χ0v) is 13.3. The van der Waals surface area contributed by atoms with Crippen LogP contribution in [0.15, 0.2) is 53.4 Å². The Balaban J connectivity index is 1.87. The van der Waals surface area contributed by atoms with E-state index in [0.717, 1.165) is 5.69 Å². The van der Waals surface area contributed by atoms with Crippen molar-refractivity contribution in [2.75, 3.05) is 0 Å². The number of aromatic nitrogens is 3. The largest absolute Gasteiger partial charge is 0.467 e. The van der Waals surface area contributed by atoms with Gasteiger partial charge in [-0.1, -0.05) is 17.7 Å². The molecule has 0 radical (unpaired) electrons. The number of hydrogen-bond donors (Lipinski definition) is 0. The predicted octanol–water partition coefficient (Wildman–Crippen LogP) is 2.90. The van der Waals surface area contributed by atoms with E-state index in [0.29, 0.717) is 23.9 Å². The van der Waals surface area contributed by atoms with Gasteiger partial charge in [0.15, 0.2) is 5.69 Å². The van der Waals surface area contributed by atoms with Crippen molar-refractivity contribution in [3.05, 3.63) is 71.2 Å². The van der Waals surface area contributed by atoms with Crippen molar-refractivity contribution < 1.29 is 9.21 Å². The average Bonchev–Trinajstić information content (AvgIpc) is 3.16. The molecule has 118 valence electrons. The minimum absolute atomic E-state index is 0.219. The third-order valence-electron chi connectivity index (χ3n) is 3.28. The van der Waals surface area contributed by atoms with Gasteiger partial charge >= 0.3 is 0 Å². The van der Waals surface area contributed by atoms with Crippen molar-refractivity contribution in [2.45, 2.75) is 13.1 Å². The van der Waals surface area contributed by atoms with Crippen LogP contribution in [0.4, 0.5) is 0 Å². The van der Waals surface area contributed by atoms with Gasteiger partial charge in [-0.15, -0.1) is 0 Å². The number of rotatable bonds is 5. The van der Waals surface area contributed by atoms with Crippen molar-refractivity contribution in [3.8, 4) is 0 Å². The van der Waals surface area contributed by atoms with Gasteiger partial charge in [0.1, 0.15) is 5.76 Å². The van der Waals surface area contributed by atoms with E-state index in [9.17, 15) is 4.79 Å². The molecule has 1 amide bonds. The van der Waals surface area contributed by atoms with Gasteiger partial charge in [0.05, 0.1) is 30.1 Å². The number of carbonyl (C=O) groups is 1. The van der Waals surface area contributed by atoms with Crippen LogP contribution in [0.1, 0.15) is 21.9 Å². The standard InChI is InChI=1S/C16H15ClN4O2/c1-20-11-14(17)15(19-20)16(22)21(10-13-6-4-8-23-13)9-12-5-2-3-7-18-12/h2-8,11H,9-10H2,1H3. The Morgan fingerprint density at radius 2 is 2.17 bits per heavy atom. The van der Waals surface area contributed by atoms with Crippen molar-refractivity contribution in [2.24, 2.45) is 7.05 Å². The van der Waals surface area contributed by atoms with Crippen LogP contribution in [0.5, 0.6) is 0 Å². The Hall–Kier alpha value is -2.60. The number of hydrogen-bond acceptors (Lipinski definition) is 4. The highest BCUT2D eigenvalue weighted by Crippen LogP contribution is 2.18.